The summed E-state index contributed by atoms with van der Waals surface area (Å²) in [6.45, 7) is 0.215. The summed E-state index contributed by atoms with van der Waals surface area (Å²) < 4.78 is 26.0. The molecule has 2 heterocycles. The average Bonchev–Trinajstić information content (AvgIpc) is 3.40. The van der Waals surface area contributed by atoms with Crippen molar-refractivity contribution in [1.82, 2.24) is 4.57 Å². The second-order valence-electron chi connectivity index (χ2n) is 11.3. The van der Waals surface area contributed by atoms with Gasteiger partial charge in [0.15, 0.2) is 27.8 Å². The van der Waals surface area contributed by atoms with Gasteiger partial charge in [-0.2, -0.15) is 0 Å². The van der Waals surface area contributed by atoms with Gasteiger partial charge >= 0.3 is 0 Å². The lowest BCUT2D eigenvalue weighted by Crippen LogP contribution is -2.38. The summed E-state index contributed by atoms with van der Waals surface area (Å²) in [5, 5.41) is 1.07. The Bertz CT molecular complexity index is 2300. The third-order valence-electron chi connectivity index (χ3n) is 8.53. The predicted octanol–water partition coefficient (Wildman–Crippen LogP) is 7.99. The highest BCUT2D eigenvalue weighted by atomic mass is 79.9. The lowest BCUT2D eigenvalue weighted by Gasteiger charge is -2.31. The Kier molecular flexibility index (Phi) is 9.13. The van der Waals surface area contributed by atoms with Crippen LogP contribution in [0.1, 0.15) is 40.3 Å². The van der Waals surface area contributed by atoms with Crippen LogP contribution >= 0.6 is 50.5 Å². The normalized spacial score (nSPS) is 15.3. The lowest BCUT2D eigenvalue weighted by molar-refractivity contribution is 0.282. The fourth-order valence-electron chi connectivity index (χ4n) is 6.25. The van der Waals surface area contributed by atoms with Crippen LogP contribution in [-0.2, 0) is 13.0 Å². The number of hydrogen-bond donors (Lipinski definition) is 0. The molecule has 7 rings (SSSR count). The molecule has 0 saturated carbocycles. The number of nitrogens with zero attached hydrogens (tertiary/aromatic N) is 2. The maximum absolute atomic E-state index is 14.3. The second kappa shape index (κ2) is 13.5. The first-order valence-corrected chi connectivity index (χ1v) is 17.5. The number of thiazole rings is 1. The number of hydrogen-bond acceptors (Lipinski definition) is 7. The van der Waals surface area contributed by atoms with Gasteiger partial charge in [-0.05, 0) is 93.5 Å². The van der Waals surface area contributed by atoms with Crippen LogP contribution in [0.2, 0.25) is 10.0 Å². The Labute approximate surface area is 299 Å². The van der Waals surface area contributed by atoms with Crippen molar-refractivity contribution in [2.75, 3.05) is 21.3 Å². The van der Waals surface area contributed by atoms with E-state index in [0.717, 1.165) is 46.4 Å². The first-order chi connectivity index (χ1) is 23.3. The lowest BCUT2D eigenvalue weighted by atomic mass is 9.83. The van der Waals surface area contributed by atoms with Gasteiger partial charge in [-0.1, -0.05) is 70.9 Å². The summed E-state index contributed by atoms with van der Waals surface area (Å²) >= 11 is 17.4. The Morgan fingerprint density at radius 1 is 0.938 bits per heavy atom. The predicted molar refractivity (Wildman–Crippen MR) is 194 cm³/mol. The van der Waals surface area contributed by atoms with Gasteiger partial charge in [-0.3, -0.25) is 9.36 Å². The van der Waals surface area contributed by atoms with Crippen LogP contribution in [0.25, 0.3) is 11.8 Å². The molecule has 7 nitrogen and oxygen atoms in total. The van der Waals surface area contributed by atoms with E-state index in [1.54, 1.807) is 33.5 Å². The zero-order valence-corrected chi connectivity index (χ0v) is 30.1. The van der Waals surface area contributed by atoms with E-state index in [1.165, 1.54) is 16.9 Å². The highest BCUT2D eigenvalue weighted by Gasteiger charge is 2.33. The minimum atomic E-state index is -0.358. The number of fused-ring (bicyclic) bond motifs is 3. The number of methoxy groups -OCH3 is 3. The van der Waals surface area contributed by atoms with Crippen LogP contribution in [0, 0.1) is 0 Å². The molecule has 0 fully saturated rings. The first-order valence-electron chi connectivity index (χ1n) is 15.1. The molecule has 0 saturated heterocycles. The first kappa shape index (κ1) is 32.5. The van der Waals surface area contributed by atoms with Gasteiger partial charge in [0.25, 0.3) is 5.56 Å². The molecule has 11 heteroatoms. The van der Waals surface area contributed by atoms with Crippen molar-refractivity contribution in [2.45, 2.75) is 25.5 Å². The molecule has 0 spiro atoms. The van der Waals surface area contributed by atoms with Gasteiger partial charge < -0.3 is 18.9 Å². The van der Waals surface area contributed by atoms with Crippen LogP contribution in [0.5, 0.6) is 23.0 Å². The molecule has 48 heavy (non-hydrogen) atoms. The minimum Gasteiger partial charge on any atom is -0.493 e. The van der Waals surface area contributed by atoms with E-state index in [2.05, 4.69) is 34.1 Å². The molecule has 244 valence electrons. The Hall–Kier alpha value is -4.02. The Balaban J connectivity index is 1.33. The maximum atomic E-state index is 14.3. The molecule has 1 aliphatic heterocycles. The van der Waals surface area contributed by atoms with Crippen LogP contribution in [-0.4, -0.2) is 25.9 Å². The summed E-state index contributed by atoms with van der Waals surface area (Å²) in [5.74, 6) is 2.25. The van der Waals surface area contributed by atoms with E-state index in [0.29, 0.717) is 46.8 Å². The summed E-state index contributed by atoms with van der Waals surface area (Å²) in [6.07, 6.45) is 3.51. The van der Waals surface area contributed by atoms with E-state index in [4.69, 9.17) is 47.1 Å². The number of ether oxygens (including phenoxy) is 4. The molecule has 0 radical (unpaired) electrons. The number of rotatable bonds is 8. The van der Waals surface area contributed by atoms with E-state index >= 15 is 0 Å². The largest absolute Gasteiger partial charge is 0.493 e. The van der Waals surface area contributed by atoms with Crippen LogP contribution < -0.4 is 33.8 Å². The molecular weight excluding hydrogens is 735 g/mol. The second-order valence-corrected chi connectivity index (χ2v) is 14.0. The molecule has 0 bridgehead atoms. The van der Waals surface area contributed by atoms with Crippen LogP contribution in [0.15, 0.2) is 92.6 Å². The molecule has 5 aromatic rings. The number of aromatic nitrogens is 1. The number of allylic oxidation sites excluding steroid dienone is 1. The molecule has 1 atom stereocenters. The van der Waals surface area contributed by atoms with Gasteiger partial charge in [0.2, 0.25) is 0 Å². The number of aryl methyl sites for hydroxylation is 1. The molecule has 1 aromatic heterocycles. The molecule has 2 aliphatic rings. The van der Waals surface area contributed by atoms with Crippen molar-refractivity contribution in [1.29, 1.82) is 0 Å². The van der Waals surface area contributed by atoms with Crippen LogP contribution in [0.3, 0.4) is 0 Å². The van der Waals surface area contributed by atoms with Gasteiger partial charge in [-0.25, -0.2) is 4.99 Å². The fraction of sp³-hybridized carbons (Fsp3) is 0.189. The van der Waals surface area contributed by atoms with Gasteiger partial charge in [-0.15, -0.1) is 0 Å². The molecular formula is C37H29BrCl2N2O5S. The van der Waals surface area contributed by atoms with E-state index in [9.17, 15) is 4.79 Å². The van der Waals surface area contributed by atoms with E-state index in [1.807, 2.05) is 53.1 Å². The van der Waals surface area contributed by atoms with E-state index < -0.39 is 0 Å². The number of halogens is 3. The quantitative estimate of drug-likeness (QED) is 0.160. The van der Waals surface area contributed by atoms with Crippen molar-refractivity contribution in [3.63, 3.8) is 0 Å². The zero-order valence-electron chi connectivity index (χ0n) is 26.2. The van der Waals surface area contributed by atoms with Crippen molar-refractivity contribution in [2.24, 2.45) is 4.99 Å². The van der Waals surface area contributed by atoms with Crippen molar-refractivity contribution < 1.29 is 18.9 Å². The third-order valence-corrected chi connectivity index (χ3v) is 10.7. The van der Waals surface area contributed by atoms with Crippen molar-refractivity contribution >= 4 is 62.2 Å². The third kappa shape index (κ3) is 5.94. The topological polar surface area (TPSA) is 71.3 Å². The maximum Gasteiger partial charge on any atom is 0.271 e. The Morgan fingerprint density at radius 3 is 2.50 bits per heavy atom. The Morgan fingerprint density at radius 2 is 1.73 bits per heavy atom. The monoisotopic (exact) mass is 762 g/mol. The van der Waals surface area contributed by atoms with E-state index in [-0.39, 0.29) is 18.2 Å². The summed E-state index contributed by atoms with van der Waals surface area (Å²) in [7, 11) is 4.80. The molecule has 4 aromatic carbocycles. The smallest absolute Gasteiger partial charge is 0.271 e. The standard InChI is InChI=1S/C37H29BrCl2N2O5S/c1-44-29-13-10-22(17-30(29)45-2)34-26-12-9-21-6-4-5-7-25(21)33(26)41-37-42(34)36(43)32(48-37)16-20-14-27(38)35(31(15-20)46-3)47-19-23-8-11-24(39)18-28(23)40/h4-8,10-11,13-18,34H,9,12,19H2,1-3H3/b32-16-/t34-/m0/s1. The van der Waals surface area contributed by atoms with Crippen molar-refractivity contribution in [3.8, 4) is 23.0 Å². The average molecular weight is 765 g/mol. The van der Waals surface area contributed by atoms with Crippen molar-refractivity contribution in [3.05, 3.63) is 140 Å². The highest BCUT2D eigenvalue weighted by Crippen LogP contribution is 2.43. The summed E-state index contributed by atoms with van der Waals surface area (Å²) in [6, 6.07) is 22.8. The fourth-order valence-corrected chi connectivity index (χ4v) is 8.29. The number of benzene rings is 4. The van der Waals surface area contributed by atoms with Crippen LogP contribution in [0.4, 0.5) is 0 Å². The molecule has 0 N–H and O–H groups in total. The van der Waals surface area contributed by atoms with Gasteiger partial charge in [0, 0.05) is 21.2 Å². The van der Waals surface area contributed by atoms with Gasteiger partial charge in [0.1, 0.15) is 6.61 Å². The summed E-state index contributed by atoms with van der Waals surface area (Å²) in [4.78, 5) is 20.1. The highest BCUT2D eigenvalue weighted by molar-refractivity contribution is 9.10. The molecule has 0 amide bonds. The summed E-state index contributed by atoms with van der Waals surface area (Å²) in [5.41, 5.74) is 6.73. The molecule has 0 unspecified atom stereocenters. The minimum absolute atomic E-state index is 0.128. The molecule has 1 aliphatic carbocycles. The van der Waals surface area contributed by atoms with Gasteiger partial charge in [0.05, 0.1) is 42.1 Å². The zero-order chi connectivity index (χ0) is 33.5. The SMILES string of the molecule is COc1ccc([C@H]2C3=C(N=c4s/c(=C\c5cc(Br)c(OCc6ccc(Cl)cc6Cl)c(OC)c5)c(=O)n42)c2ccccc2CC3)cc1OC.